The molecule has 2 aromatic rings. The second-order valence-electron chi connectivity index (χ2n) is 6.83. The monoisotopic (exact) mass is 363 g/mol. The molecule has 27 heavy (non-hydrogen) atoms. The lowest BCUT2D eigenvalue weighted by Crippen LogP contribution is -2.22. The summed E-state index contributed by atoms with van der Waals surface area (Å²) in [5, 5.41) is 5.79. The number of nitrogens with one attached hydrogen (secondary N) is 2. The number of allylic oxidation sites excluding steroid dienone is 1. The molecule has 0 unspecified atom stereocenters. The summed E-state index contributed by atoms with van der Waals surface area (Å²) in [6.45, 7) is 0.358. The molecule has 1 heterocycles. The van der Waals surface area contributed by atoms with Gasteiger partial charge in [-0.2, -0.15) is 0 Å². The van der Waals surface area contributed by atoms with Gasteiger partial charge in [0.1, 0.15) is 0 Å². The zero-order chi connectivity index (χ0) is 18.9. The number of para-hydroxylation sites is 1. The van der Waals surface area contributed by atoms with Gasteiger partial charge in [-0.25, -0.2) is 0 Å². The van der Waals surface area contributed by atoms with E-state index in [1.807, 2.05) is 30.3 Å². The molecule has 3 rings (SSSR count). The van der Waals surface area contributed by atoms with Crippen LogP contribution in [0.15, 0.2) is 60.9 Å². The van der Waals surface area contributed by atoms with E-state index < -0.39 is 0 Å². The second-order valence-corrected chi connectivity index (χ2v) is 6.83. The molecule has 0 atom stereocenters. The van der Waals surface area contributed by atoms with Gasteiger partial charge in [0.25, 0.3) is 5.91 Å². The van der Waals surface area contributed by atoms with E-state index in [2.05, 4.69) is 15.6 Å². The van der Waals surface area contributed by atoms with Crippen LogP contribution >= 0.6 is 0 Å². The fraction of sp³-hybridized carbons (Fsp3) is 0.318. The SMILES string of the molecule is O=C(/C=C/C1CCCCC1)NCc1ccccc1NC(=O)c1cccnc1. The number of pyridine rings is 1. The first-order chi connectivity index (χ1) is 13.2. The van der Waals surface area contributed by atoms with Crippen LogP contribution in [0, 0.1) is 5.92 Å². The first-order valence-corrected chi connectivity index (χ1v) is 9.47. The quantitative estimate of drug-likeness (QED) is 0.760. The van der Waals surface area contributed by atoms with Crippen molar-refractivity contribution in [3.05, 3.63) is 72.1 Å². The van der Waals surface area contributed by atoms with Crippen molar-refractivity contribution in [3.63, 3.8) is 0 Å². The van der Waals surface area contributed by atoms with Gasteiger partial charge in [-0.15, -0.1) is 0 Å². The summed E-state index contributed by atoms with van der Waals surface area (Å²) in [6, 6.07) is 10.9. The lowest BCUT2D eigenvalue weighted by atomic mass is 9.89. The van der Waals surface area contributed by atoms with Crippen LogP contribution in [0.3, 0.4) is 0 Å². The zero-order valence-electron chi connectivity index (χ0n) is 15.4. The summed E-state index contributed by atoms with van der Waals surface area (Å²) in [4.78, 5) is 28.4. The number of amides is 2. The number of carbonyl (C=O) groups is 2. The third-order valence-electron chi connectivity index (χ3n) is 4.81. The lowest BCUT2D eigenvalue weighted by Gasteiger charge is -2.17. The van der Waals surface area contributed by atoms with Crippen LogP contribution in [0.4, 0.5) is 5.69 Å². The third kappa shape index (κ3) is 5.78. The minimum absolute atomic E-state index is 0.103. The topological polar surface area (TPSA) is 71.1 Å². The first-order valence-electron chi connectivity index (χ1n) is 9.47. The number of hydrogen-bond acceptors (Lipinski definition) is 3. The molecule has 140 valence electrons. The van der Waals surface area contributed by atoms with E-state index >= 15 is 0 Å². The molecule has 2 amide bonds. The van der Waals surface area contributed by atoms with Crippen molar-refractivity contribution in [1.82, 2.24) is 10.3 Å². The number of anilines is 1. The summed E-state index contributed by atoms with van der Waals surface area (Å²) in [6.07, 6.45) is 13.0. The van der Waals surface area contributed by atoms with Crippen molar-refractivity contribution >= 4 is 17.5 Å². The van der Waals surface area contributed by atoms with Crippen molar-refractivity contribution in [2.45, 2.75) is 38.6 Å². The van der Waals surface area contributed by atoms with E-state index in [4.69, 9.17) is 0 Å². The van der Waals surface area contributed by atoms with Gasteiger partial charge in [0.15, 0.2) is 0 Å². The molecule has 5 heteroatoms. The molecular weight excluding hydrogens is 338 g/mol. The van der Waals surface area contributed by atoms with Crippen molar-refractivity contribution in [2.24, 2.45) is 5.92 Å². The molecule has 0 saturated heterocycles. The molecule has 0 spiro atoms. The summed E-state index contributed by atoms with van der Waals surface area (Å²) in [7, 11) is 0. The second kappa shape index (κ2) is 9.67. The van der Waals surface area contributed by atoms with Gasteiger partial charge in [0.2, 0.25) is 5.91 Å². The Morgan fingerprint density at radius 2 is 1.89 bits per heavy atom. The largest absolute Gasteiger partial charge is 0.348 e. The average Bonchev–Trinajstić information content (AvgIpc) is 2.73. The summed E-state index contributed by atoms with van der Waals surface area (Å²) < 4.78 is 0. The highest BCUT2D eigenvalue weighted by atomic mass is 16.2. The van der Waals surface area contributed by atoms with E-state index in [1.54, 1.807) is 24.4 Å². The molecule has 1 aliphatic rings. The molecule has 0 aliphatic heterocycles. The van der Waals surface area contributed by atoms with Crippen LogP contribution in [0.1, 0.15) is 48.0 Å². The minimum Gasteiger partial charge on any atom is -0.348 e. The molecule has 0 radical (unpaired) electrons. The molecule has 1 saturated carbocycles. The molecular formula is C22H25N3O2. The number of benzene rings is 1. The molecule has 1 fully saturated rings. The predicted molar refractivity (Wildman–Crippen MR) is 106 cm³/mol. The van der Waals surface area contributed by atoms with Crippen LogP contribution in [-0.2, 0) is 11.3 Å². The third-order valence-corrected chi connectivity index (χ3v) is 4.81. The van der Waals surface area contributed by atoms with Crippen molar-refractivity contribution in [1.29, 1.82) is 0 Å². The van der Waals surface area contributed by atoms with Crippen LogP contribution < -0.4 is 10.6 Å². The highest BCUT2D eigenvalue weighted by Gasteiger charge is 2.11. The highest BCUT2D eigenvalue weighted by molar-refractivity contribution is 6.04. The van der Waals surface area contributed by atoms with Gasteiger partial charge < -0.3 is 10.6 Å². The Morgan fingerprint density at radius 1 is 1.07 bits per heavy atom. The van der Waals surface area contributed by atoms with Gasteiger partial charge >= 0.3 is 0 Å². The number of rotatable bonds is 6. The van der Waals surface area contributed by atoms with Crippen molar-refractivity contribution < 1.29 is 9.59 Å². The Morgan fingerprint density at radius 3 is 2.67 bits per heavy atom. The van der Waals surface area contributed by atoms with Crippen molar-refractivity contribution in [2.75, 3.05) is 5.32 Å². The maximum atomic E-state index is 12.3. The maximum Gasteiger partial charge on any atom is 0.257 e. The summed E-state index contributed by atoms with van der Waals surface area (Å²) in [5.74, 6) is 0.198. The highest BCUT2D eigenvalue weighted by Crippen LogP contribution is 2.24. The van der Waals surface area contributed by atoms with Gasteiger partial charge in [0.05, 0.1) is 5.56 Å². The number of hydrogen-bond donors (Lipinski definition) is 2. The Bertz CT molecular complexity index is 796. The van der Waals surface area contributed by atoms with Gasteiger partial charge in [-0.1, -0.05) is 43.5 Å². The van der Waals surface area contributed by atoms with E-state index in [9.17, 15) is 9.59 Å². The minimum atomic E-state index is -0.223. The lowest BCUT2D eigenvalue weighted by molar-refractivity contribution is -0.116. The fourth-order valence-corrected chi connectivity index (χ4v) is 3.28. The van der Waals surface area contributed by atoms with E-state index in [1.165, 1.54) is 38.3 Å². The van der Waals surface area contributed by atoms with Crippen LogP contribution in [-0.4, -0.2) is 16.8 Å². The Kier molecular flexibility index (Phi) is 6.74. The van der Waals surface area contributed by atoms with Crippen LogP contribution in [0.5, 0.6) is 0 Å². The number of carbonyl (C=O) groups excluding carboxylic acids is 2. The standard InChI is InChI=1S/C22H25N3O2/c26-21(13-12-17-7-2-1-3-8-17)24-16-18-9-4-5-11-20(18)25-22(27)19-10-6-14-23-15-19/h4-6,9-15,17H,1-3,7-8,16H2,(H,24,26)(H,25,27)/b13-12+. The fourth-order valence-electron chi connectivity index (χ4n) is 3.28. The molecule has 1 aromatic heterocycles. The summed E-state index contributed by atoms with van der Waals surface area (Å²) in [5.41, 5.74) is 2.03. The van der Waals surface area contributed by atoms with Crippen molar-refractivity contribution in [3.8, 4) is 0 Å². The predicted octanol–water partition coefficient (Wildman–Crippen LogP) is 4.09. The first kappa shape index (κ1) is 18.8. The van der Waals surface area contributed by atoms with E-state index in [0.29, 0.717) is 23.7 Å². The smallest absolute Gasteiger partial charge is 0.257 e. The Hall–Kier alpha value is -2.95. The average molecular weight is 363 g/mol. The molecule has 0 bridgehead atoms. The van der Waals surface area contributed by atoms with Gasteiger partial charge in [-0.3, -0.25) is 14.6 Å². The van der Waals surface area contributed by atoms with Gasteiger partial charge in [0, 0.05) is 24.6 Å². The normalized spacial score (nSPS) is 14.8. The van der Waals surface area contributed by atoms with E-state index in [-0.39, 0.29) is 11.8 Å². The molecule has 1 aliphatic carbocycles. The zero-order valence-corrected chi connectivity index (χ0v) is 15.4. The van der Waals surface area contributed by atoms with E-state index in [0.717, 1.165) is 5.56 Å². The summed E-state index contributed by atoms with van der Waals surface area (Å²) >= 11 is 0. The Labute approximate surface area is 159 Å². The number of aromatic nitrogens is 1. The molecule has 5 nitrogen and oxygen atoms in total. The maximum absolute atomic E-state index is 12.3. The van der Waals surface area contributed by atoms with Crippen LogP contribution in [0.2, 0.25) is 0 Å². The van der Waals surface area contributed by atoms with Crippen LogP contribution in [0.25, 0.3) is 0 Å². The van der Waals surface area contributed by atoms with Gasteiger partial charge in [-0.05, 0) is 48.6 Å². The Balaban J connectivity index is 1.56. The molecule has 1 aromatic carbocycles. The number of nitrogens with zero attached hydrogens (tertiary/aromatic N) is 1. The molecule has 2 N–H and O–H groups in total.